The van der Waals surface area contributed by atoms with Gasteiger partial charge in [0, 0.05) is 0 Å². The van der Waals surface area contributed by atoms with E-state index in [0.717, 1.165) is 0 Å². The highest BCUT2D eigenvalue weighted by atomic mass is 35.5. The molecule has 0 atom stereocenters. The van der Waals surface area contributed by atoms with Crippen LogP contribution in [0.25, 0.3) is 0 Å². The molecule has 7 heteroatoms. The number of nitrogens with one attached hydrogen (secondary N) is 1. The lowest BCUT2D eigenvalue weighted by Gasteiger charge is -2.13. The molecular weight excluding hydrogens is 356 g/mol. The van der Waals surface area contributed by atoms with Gasteiger partial charge in [0.2, 0.25) is 0 Å². The van der Waals surface area contributed by atoms with Crippen LogP contribution in [0.3, 0.4) is 0 Å². The molecular formula is C19H21ClN2O4. The van der Waals surface area contributed by atoms with E-state index in [1.807, 2.05) is 13.8 Å². The van der Waals surface area contributed by atoms with Crippen LogP contribution in [0.2, 0.25) is 5.02 Å². The highest BCUT2D eigenvalue weighted by Gasteiger charge is 2.12. The number of hydrazone groups is 1. The number of carbonyl (C=O) groups excluding carboxylic acids is 1. The average Bonchev–Trinajstić information content (AvgIpc) is 2.64. The molecule has 0 saturated carbocycles. The summed E-state index contributed by atoms with van der Waals surface area (Å²) in [5.74, 6) is 1.12. The number of benzene rings is 2. The third-order valence-electron chi connectivity index (χ3n) is 3.35. The van der Waals surface area contributed by atoms with Crippen LogP contribution < -0.4 is 19.6 Å². The number of halogens is 1. The molecule has 0 aromatic heterocycles. The lowest BCUT2D eigenvalue weighted by Crippen LogP contribution is -2.18. The largest absolute Gasteiger partial charge is 0.496 e. The second-order valence-corrected chi connectivity index (χ2v) is 5.50. The molecule has 2 aromatic rings. The van der Waals surface area contributed by atoms with Crippen LogP contribution in [0.5, 0.6) is 17.2 Å². The summed E-state index contributed by atoms with van der Waals surface area (Å²) in [6, 6.07) is 10.3. The quantitative estimate of drug-likeness (QED) is 0.560. The third-order valence-corrected chi connectivity index (χ3v) is 3.63. The van der Waals surface area contributed by atoms with Gasteiger partial charge in [-0.2, -0.15) is 5.10 Å². The highest BCUT2D eigenvalue weighted by Crippen LogP contribution is 2.36. The summed E-state index contributed by atoms with van der Waals surface area (Å²) in [4.78, 5) is 12.2. The first-order valence-electron chi connectivity index (χ1n) is 8.16. The molecule has 0 aliphatic heterocycles. The zero-order valence-corrected chi connectivity index (χ0v) is 15.7. The van der Waals surface area contributed by atoms with Crippen molar-refractivity contribution in [3.8, 4) is 17.2 Å². The standard InChI is InChI=1S/C19H21ClN2O4/c1-4-25-17-11-13(10-15(20)18(17)26-5-2)12-21-22-19(23)14-8-6-7-9-16(14)24-3/h6-12H,4-5H2,1-3H3,(H,22,23)/b21-12+. The van der Waals surface area contributed by atoms with Gasteiger partial charge in [0.1, 0.15) is 5.75 Å². The Hall–Kier alpha value is -2.73. The summed E-state index contributed by atoms with van der Waals surface area (Å²) in [6.07, 6.45) is 1.48. The summed E-state index contributed by atoms with van der Waals surface area (Å²) in [5.41, 5.74) is 3.53. The van der Waals surface area contributed by atoms with Crippen LogP contribution in [0, 0.1) is 0 Å². The first kappa shape index (κ1) is 19.6. The smallest absolute Gasteiger partial charge is 0.275 e. The topological polar surface area (TPSA) is 69.2 Å². The van der Waals surface area contributed by atoms with Crippen molar-refractivity contribution >= 4 is 23.7 Å². The van der Waals surface area contributed by atoms with Crippen molar-refractivity contribution in [2.75, 3.05) is 20.3 Å². The van der Waals surface area contributed by atoms with E-state index >= 15 is 0 Å². The predicted molar refractivity (Wildman–Crippen MR) is 102 cm³/mol. The van der Waals surface area contributed by atoms with Gasteiger partial charge in [-0.3, -0.25) is 4.79 Å². The second-order valence-electron chi connectivity index (χ2n) is 5.10. The van der Waals surface area contributed by atoms with Gasteiger partial charge in [0.25, 0.3) is 5.91 Å². The van der Waals surface area contributed by atoms with E-state index in [2.05, 4.69) is 10.5 Å². The molecule has 0 aliphatic rings. The Morgan fingerprint density at radius 2 is 1.88 bits per heavy atom. The fraction of sp³-hybridized carbons (Fsp3) is 0.263. The van der Waals surface area contributed by atoms with Crippen molar-refractivity contribution in [3.05, 3.63) is 52.5 Å². The van der Waals surface area contributed by atoms with Crippen molar-refractivity contribution < 1.29 is 19.0 Å². The van der Waals surface area contributed by atoms with Gasteiger partial charge in [-0.05, 0) is 43.7 Å². The minimum atomic E-state index is -0.374. The lowest BCUT2D eigenvalue weighted by atomic mass is 10.2. The first-order chi connectivity index (χ1) is 12.6. The second kappa shape index (κ2) is 9.68. The zero-order chi connectivity index (χ0) is 18.9. The van der Waals surface area contributed by atoms with Crippen LogP contribution in [0.1, 0.15) is 29.8 Å². The van der Waals surface area contributed by atoms with E-state index in [-0.39, 0.29) is 5.91 Å². The van der Waals surface area contributed by atoms with Gasteiger partial charge in [-0.15, -0.1) is 0 Å². The molecule has 26 heavy (non-hydrogen) atoms. The maximum Gasteiger partial charge on any atom is 0.275 e. The van der Waals surface area contributed by atoms with Crippen molar-refractivity contribution in [3.63, 3.8) is 0 Å². The van der Waals surface area contributed by atoms with E-state index in [9.17, 15) is 4.79 Å². The summed E-state index contributed by atoms with van der Waals surface area (Å²) >= 11 is 6.26. The minimum Gasteiger partial charge on any atom is -0.496 e. The minimum absolute atomic E-state index is 0.374. The summed E-state index contributed by atoms with van der Waals surface area (Å²) in [6.45, 7) is 4.69. The van der Waals surface area contributed by atoms with Gasteiger partial charge in [0.05, 0.1) is 37.1 Å². The van der Waals surface area contributed by atoms with E-state index in [4.69, 9.17) is 25.8 Å². The number of hydrogen-bond donors (Lipinski definition) is 1. The SMILES string of the molecule is CCOc1cc(/C=N/NC(=O)c2ccccc2OC)cc(Cl)c1OCC. The number of methoxy groups -OCH3 is 1. The van der Waals surface area contributed by atoms with Crippen LogP contribution in [0.4, 0.5) is 0 Å². The first-order valence-corrected chi connectivity index (χ1v) is 8.54. The normalized spacial score (nSPS) is 10.6. The average molecular weight is 377 g/mol. The Morgan fingerprint density at radius 1 is 1.15 bits per heavy atom. The van der Waals surface area contributed by atoms with Gasteiger partial charge in [-0.1, -0.05) is 23.7 Å². The van der Waals surface area contributed by atoms with E-state index in [1.54, 1.807) is 36.4 Å². The van der Waals surface area contributed by atoms with Crippen LogP contribution in [-0.4, -0.2) is 32.4 Å². The molecule has 0 saturated heterocycles. The maximum atomic E-state index is 12.2. The van der Waals surface area contributed by atoms with Crippen molar-refractivity contribution in [2.45, 2.75) is 13.8 Å². The summed E-state index contributed by atoms with van der Waals surface area (Å²) < 4.78 is 16.2. The molecule has 0 spiro atoms. The van der Waals surface area contributed by atoms with Gasteiger partial charge < -0.3 is 14.2 Å². The zero-order valence-electron chi connectivity index (χ0n) is 14.9. The number of amides is 1. The van der Waals surface area contributed by atoms with E-state index in [1.165, 1.54) is 13.3 Å². The monoisotopic (exact) mass is 376 g/mol. The number of carbonyl (C=O) groups is 1. The van der Waals surface area contributed by atoms with Gasteiger partial charge in [-0.25, -0.2) is 5.43 Å². The van der Waals surface area contributed by atoms with Crippen LogP contribution >= 0.6 is 11.6 Å². The van der Waals surface area contributed by atoms with Gasteiger partial charge >= 0.3 is 0 Å². The Bertz CT molecular complexity index is 793. The molecule has 2 rings (SSSR count). The third kappa shape index (κ3) is 4.89. The Labute approximate surface area is 157 Å². The Kier molecular flexibility index (Phi) is 7.29. The molecule has 0 fully saturated rings. The number of hydrogen-bond acceptors (Lipinski definition) is 5. The molecule has 1 N–H and O–H groups in total. The van der Waals surface area contributed by atoms with Crippen molar-refractivity contribution in [1.29, 1.82) is 0 Å². The molecule has 0 radical (unpaired) electrons. The summed E-state index contributed by atoms with van der Waals surface area (Å²) in [7, 11) is 1.51. The van der Waals surface area contributed by atoms with Crippen LogP contribution in [-0.2, 0) is 0 Å². The molecule has 6 nitrogen and oxygen atoms in total. The van der Waals surface area contributed by atoms with Crippen molar-refractivity contribution in [1.82, 2.24) is 5.43 Å². The molecule has 1 amide bonds. The Balaban J connectivity index is 2.16. The van der Waals surface area contributed by atoms with E-state index in [0.29, 0.717) is 46.6 Å². The maximum absolute atomic E-state index is 12.2. The molecule has 2 aromatic carbocycles. The number of para-hydroxylation sites is 1. The van der Waals surface area contributed by atoms with E-state index < -0.39 is 0 Å². The predicted octanol–water partition coefficient (Wildman–Crippen LogP) is 3.91. The number of nitrogens with zero attached hydrogens (tertiary/aromatic N) is 1. The fourth-order valence-corrected chi connectivity index (χ4v) is 2.54. The fourth-order valence-electron chi connectivity index (χ4n) is 2.27. The van der Waals surface area contributed by atoms with Crippen LogP contribution in [0.15, 0.2) is 41.5 Å². The molecule has 0 bridgehead atoms. The molecule has 0 aliphatic carbocycles. The highest BCUT2D eigenvalue weighted by molar-refractivity contribution is 6.32. The van der Waals surface area contributed by atoms with Crippen molar-refractivity contribution in [2.24, 2.45) is 5.10 Å². The van der Waals surface area contributed by atoms with Gasteiger partial charge in [0.15, 0.2) is 11.5 Å². The molecule has 138 valence electrons. The molecule has 0 unspecified atom stereocenters. The Morgan fingerprint density at radius 3 is 2.58 bits per heavy atom. The lowest BCUT2D eigenvalue weighted by molar-refractivity contribution is 0.0952. The number of rotatable bonds is 8. The molecule has 0 heterocycles. The summed E-state index contributed by atoms with van der Waals surface area (Å²) in [5, 5.41) is 4.39. The number of ether oxygens (including phenoxy) is 3.